The Morgan fingerprint density at radius 2 is 2.55 bits per heavy atom. The number of ether oxygens (including phenoxy) is 1. The molecule has 0 aromatic carbocycles. The molecule has 0 radical (unpaired) electrons. The van der Waals surface area contributed by atoms with E-state index in [4.69, 9.17) is 4.74 Å². The Balaban J connectivity index is 1.58. The van der Waals surface area contributed by atoms with E-state index in [2.05, 4.69) is 20.5 Å². The molecular formula is C13H16N4O2S. The van der Waals surface area contributed by atoms with Crippen LogP contribution >= 0.6 is 11.3 Å². The first kappa shape index (κ1) is 13.3. The van der Waals surface area contributed by atoms with Gasteiger partial charge in [-0.25, -0.2) is 4.98 Å². The highest BCUT2D eigenvalue weighted by Gasteiger charge is 2.24. The summed E-state index contributed by atoms with van der Waals surface area (Å²) in [6.45, 7) is 1.98. The van der Waals surface area contributed by atoms with Gasteiger partial charge in [0, 0.05) is 30.9 Å². The van der Waals surface area contributed by atoms with E-state index >= 15 is 0 Å². The van der Waals surface area contributed by atoms with Crippen LogP contribution in [0.4, 0.5) is 0 Å². The molecule has 0 spiro atoms. The Kier molecular flexibility index (Phi) is 4.08. The SMILES string of the molecule is O=C(NCCc1cscn1)c1cn[nH]c1C1CCOC1. The molecule has 0 bridgehead atoms. The third-order valence-electron chi connectivity index (χ3n) is 3.40. The molecule has 106 valence electrons. The molecular weight excluding hydrogens is 276 g/mol. The second-order valence-electron chi connectivity index (χ2n) is 4.74. The van der Waals surface area contributed by atoms with Gasteiger partial charge in [0.2, 0.25) is 0 Å². The van der Waals surface area contributed by atoms with Crippen LogP contribution in [0.1, 0.15) is 34.1 Å². The molecule has 1 aliphatic heterocycles. The molecule has 2 aromatic heterocycles. The zero-order valence-corrected chi connectivity index (χ0v) is 11.8. The summed E-state index contributed by atoms with van der Waals surface area (Å²) in [6.07, 6.45) is 3.27. The van der Waals surface area contributed by atoms with E-state index in [1.54, 1.807) is 23.0 Å². The van der Waals surface area contributed by atoms with E-state index in [1.807, 2.05) is 5.38 Å². The Hall–Kier alpha value is -1.73. The lowest BCUT2D eigenvalue weighted by Gasteiger charge is -2.08. The third-order valence-corrected chi connectivity index (χ3v) is 4.04. The van der Waals surface area contributed by atoms with Gasteiger partial charge in [0.25, 0.3) is 5.91 Å². The van der Waals surface area contributed by atoms with E-state index in [-0.39, 0.29) is 11.8 Å². The molecule has 0 saturated carbocycles. The largest absolute Gasteiger partial charge is 0.381 e. The number of aromatic nitrogens is 3. The predicted molar refractivity (Wildman–Crippen MR) is 74.9 cm³/mol. The van der Waals surface area contributed by atoms with Gasteiger partial charge in [-0.2, -0.15) is 5.10 Å². The number of nitrogens with one attached hydrogen (secondary N) is 2. The first-order valence-corrected chi connectivity index (χ1v) is 7.55. The van der Waals surface area contributed by atoms with Crippen molar-refractivity contribution in [2.45, 2.75) is 18.8 Å². The lowest BCUT2D eigenvalue weighted by molar-refractivity contribution is 0.0952. The molecule has 1 fully saturated rings. The first-order valence-electron chi connectivity index (χ1n) is 6.61. The number of thiazole rings is 1. The molecule has 1 unspecified atom stereocenters. The normalized spacial score (nSPS) is 18.3. The van der Waals surface area contributed by atoms with E-state index in [9.17, 15) is 4.79 Å². The van der Waals surface area contributed by atoms with Gasteiger partial charge in [-0.3, -0.25) is 9.89 Å². The summed E-state index contributed by atoms with van der Waals surface area (Å²) < 4.78 is 5.36. The predicted octanol–water partition coefficient (Wildman–Crippen LogP) is 1.34. The molecule has 1 saturated heterocycles. The minimum Gasteiger partial charge on any atom is -0.381 e. The molecule has 6 nitrogen and oxygen atoms in total. The smallest absolute Gasteiger partial charge is 0.254 e. The quantitative estimate of drug-likeness (QED) is 0.871. The van der Waals surface area contributed by atoms with Crippen molar-refractivity contribution in [1.29, 1.82) is 0 Å². The lowest BCUT2D eigenvalue weighted by atomic mass is 10.0. The van der Waals surface area contributed by atoms with Crippen molar-refractivity contribution in [1.82, 2.24) is 20.5 Å². The van der Waals surface area contributed by atoms with Crippen LogP contribution in [0.2, 0.25) is 0 Å². The number of amides is 1. The van der Waals surface area contributed by atoms with Crippen molar-refractivity contribution in [3.8, 4) is 0 Å². The van der Waals surface area contributed by atoms with E-state index in [0.717, 1.165) is 30.8 Å². The van der Waals surface area contributed by atoms with Crippen LogP contribution in [-0.4, -0.2) is 40.8 Å². The van der Waals surface area contributed by atoms with Gasteiger partial charge in [-0.1, -0.05) is 0 Å². The summed E-state index contributed by atoms with van der Waals surface area (Å²) in [6, 6.07) is 0. The van der Waals surface area contributed by atoms with Gasteiger partial charge in [-0.15, -0.1) is 11.3 Å². The average molecular weight is 292 g/mol. The number of carbonyl (C=O) groups excluding carboxylic acids is 1. The van der Waals surface area contributed by atoms with Crippen molar-refractivity contribution < 1.29 is 9.53 Å². The van der Waals surface area contributed by atoms with Crippen LogP contribution in [-0.2, 0) is 11.2 Å². The summed E-state index contributed by atoms with van der Waals surface area (Å²) in [5, 5.41) is 11.8. The summed E-state index contributed by atoms with van der Waals surface area (Å²) in [7, 11) is 0. The van der Waals surface area contributed by atoms with Crippen LogP contribution in [0.15, 0.2) is 17.1 Å². The summed E-state index contributed by atoms with van der Waals surface area (Å²) >= 11 is 1.56. The Labute approximate surface area is 120 Å². The molecule has 20 heavy (non-hydrogen) atoms. The number of hydrogen-bond acceptors (Lipinski definition) is 5. The van der Waals surface area contributed by atoms with Gasteiger partial charge in [0.15, 0.2) is 0 Å². The molecule has 3 heterocycles. The van der Waals surface area contributed by atoms with E-state index < -0.39 is 0 Å². The van der Waals surface area contributed by atoms with Crippen molar-refractivity contribution in [3.05, 3.63) is 34.0 Å². The Bertz CT molecular complexity index is 561. The fourth-order valence-corrected chi connectivity index (χ4v) is 2.90. The zero-order valence-electron chi connectivity index (χ0n) is 11.0. The number of carbonyl (C=O) groups is 1. The van der Waals surface area contributed by atoms with Gasteiger partial charge in [-0.05, 0) is 6.42 Å². The maximum absolute atomic E-state index is 12.2. The molecule has 2 aromatic rings. The zero-order chi connectivity index (χ0) is 13.8. The second kappa shape index (κ2) is 6.15. The van der Waals surface area contributed by atoms with Gasteiger partial charge in [0.1, 0.15) is 0 Å². The minimum absolute atomic E-state index is 0.0871. The highest BCUT2D eigenvalue weighted by Crippen LogP contribution is 2.25. The fraction of sp³-hybridized carbons (Fsp3) is 0.462. The van der Waals surface area contributed by atoms with Crippen LogP contribution in [0.3, 0.4) is 0 Å². The molecule has 1 atom stereocenters. The van der Waals surface area contributed by atoms with Gasteiger partial charge < -0.3 is 10.1 Å². The molecule has 2 N–H and O–H groups in total. The van der Waals surface area contributed by atoms with Gasteiger partial charge in [0.05, 0.1) is 35.3 Å². The van der Waals surface area contributed by atoms with Crippen molar-refractivity contribution in [2.24, 2.45) is 0 Å². The lowest BCUT2D eigenvalue weighted by Crippen LogP contribution is -2.26. The standard InChI is InChI=1S/C13H16N4O2S/c18-13(14-3-1-10-7-20-8-15-10)11-5-16-17-12(11)9-2-4-19-6-9/h5,7-9H,1-4,6H2,(H,14,18)(H,16,17). The summed E-state index contributed by atoms with van der Waals surface area (Å²) in [5.74, 6) is 0.160. The van der Waals surface area contributed by atoms with E-state index in [0.29, 0.717) is 18.7 Å². The maximum atomic E-state index is 12.2. The monoisotopic (exact) mass is 292 g/mol. The average Bonchev–Trinajstić information content (AvgIpc) is 3.19. The van der Waals surface area contributed by atoms with Crippen molar-refractivity contribution >= 4 is 17.2 Å². The van der Waals surface area contributed by atoms with E-state index in [1.165, 1.54) is 0 Å². The minimum atomic E-state index is -0.0871. The Morgan fingerprint density at radius 3 is 3.30 bits per heavy atom. The number of hydrogen-bond donors (Lipinski definition) is 2. The summed E-state index contributed by atoms with van der Waals surface area (Å²) in [4.78, 5) is 16.4. The highest BCUT2D eigenvalue weighted by molar-refractivity contribution is 7.07. The first-order chi connectivity index (χ1) is 9.84. The molecule has 0 aliphatic carbocycles. The molecule has 1 amide bonds. The molecule has 1 aliphatic rings. The molecule has 3 rings (SSSR count). The number of aromatic amines is 1. The van der Waals surface area contributed by atoms with Gasteiger partial charge >= 0.3 is 0 Å². The highest BCUT2D eigenvalue weighted by atomic mass is 32.1. The number of H-pyrrole nitrogens is 1. The van der Waals surface area contributed by atoms with Crippen LogP contribution in [0, 0.1) is 0 Å². The number of nitrogens with zero attached hydrogens (tertiary/aromatic N) is 2. The topological polar surface area (TPSA) is 79.9 Å². The third kappa shape index (κ3) is 2.88. The Morgan fingerprint density at radius 1 is 1.60 bits per heavy atom. The van der Waals surface area contributed by atoms with Crippen LogP contribution in [0.5, 0.6) is 0 Å². The molecule has 7 heteroatoms. The van der Waals surface area contributed by atoms with Crippen LogP contribution in [0.25, 0.3) is 0 Å². The fourth-order valence-electron chi connectivity index (χ4n) is 2.31. The maximum Gasteiger partial charge on any atom is 0.254 e. The van der Waals surface area contributed by atoms with Crippen molar-refractivity contribution in [3.63, 3.8) is 0 Å². The van der Waals surface area contributed by atoms with Crippen LogP contribution < -0.4 is 5.32 Å². The summed E-state index contributed by atoms with van der Waals surface area (Å²) in [5.41, 5.74) is 4.31. The number of rotatable bonds is 5. The second-order valence-corrected chi connectivity index (χ2v) is 5.46. The van der Waals surface area contributed by atoms with Crippen molar-refractivity contribution in [2.75, 3.05) is 19.8 Å².